The maximum Gasteiger partial charge on any atom is 0.163 e. The van der Waals surface area contributed by atoms with E-state index < -0.39 is 0 Å². The van der Waals surface area contributed by atoms with E-state index in [0.29, 0.717) is 17.5 Å². The molecule has 66 valence electrons. The van der Waals surface area contributed by atoms with Crippen molar-refractivity contribution in [2.24, 2.45) is 0 Å². The molecular weight excluding hydrogens is 162 g/mol. The summed E-state index contributed by atoms with van der Waals surface area (Å²) >= 11 is 0. The summed E-state index contributed by atoms with van der Waals surface area (Å²) in [6, 6.07) is 7.32. The molecule has 0 spiro atoms. The van der Waals surface area contributed by atoms with Crippen molar-refractivity contribution in [2.75, 3.05) is 0 Å². The molecule has 1 rings (SSSR count). The van der Waals surface area contributed by atoms with Crippen LogP contribution in [-0.2, 0) is 0 Å². The van der Waals surface area contributed by atoms with Crippen molar-refractivity contribution >= 4 is 5.78 Å². The van der Waals surface area contributed by atoms with Gasteiger partial charge in [-0.3, -0.25) is 4.79 Å². The number of nitrogens with zero attached hydrogens (tertiary/aromatic N) is 1. The lowest BCUT2D eigenvalue weighted by Crippen LogP contribution is -2.00. The molecule has 2 nitrogen and oxygen atoms in total. The van der Waals surface area contributed by atoms with Crippen LogP contribution >= 0.6 is 0 Å². The number of rotatable bonds is 2. The first-order chi connectivity index (χ1) is 6.19. The number of ketones is 1. The molecule has 0 fully saturated rings. The quantitative estimate of drug-likeness (QED) is 0.644. The second-order valence-corrected chi connectivity index (χ2v) is 2.94. The predicted octanol–water partition coefficient (Wildman–Crippen LogP) is 2.46. The summed E-state index contributed by atoms with van der Waals surface area (Å²) in [5, 5.41) is 8.75. The average Bonchev–Trinajstić information content (AvgIpc) is 2.16. The van der Waals surface area contributed by atoms with E-state index in [-0.39, 0.29) is 5.78 Å². The molecular formula is C11H11NO. The van der Waals surface area contributed by atoms with E-state index in [1.165, 1.54) is 0 Å². The Balaban J connectivity index is 3.25. The van der Waals surface area contributed by atoms with Crippen LogP contribution in [0.1, 0.15) is 34.8 Å². The number of hydrogen-bond acceptors (Lipinski definition) is 2. The number of hydrogen-bond donors (Lipinski definition) is 0. The van der Waals surface area contributed by atoms with E-state index in [1.54, 1.807) is 19.1 Å². The Labute approximate surface area is 77.8 Å². The molecule has 0 aliphatic heterocycles. The van der Waals surface area contributed by atoms with Gasteiger partial charge in [-0.25, -0.2) is 0 Å². The van der Waals surface area contributed by atoms with Crippen LogP contribution in [0.4, 0.5) is 0 Å². The van der Waals surface area contributed by atoms with Crippen LogP contribution in [0.3, 0.4) is 0 Å². The Bertz CT molecular complexity index is 374. The molecule has 13 heavy (non-hydrogen) atoms. The third kappa shape index (κ3) is 1.94. The van der Waals surface area contributed by atoms with Gasteiger partial charge in [-0.2, -0.15) is 5.26 Å². The van der Waals surface area contributed by atoms with E-state index in [0.717, 1.165) is 5.56 Å². The molecule has 0 heterocycles. The summed E-state index contributed by atoms with van der Waals surface area (Å²) in [6.45, 7) is 3.71. The fourth-order valence-corrected chi connectivity index (χ4v) is 1.18. The minimum atomic E-state index is 0.0280. The van der Waals surface area contributed by atoms with Crippen molar-refractivity contribution < 1.29 is 4.79 Å². The van der Waals surface area contributed by atoms with Crippen LogP contribution in [0, 0.1) is 18.3 Å². The van der Waals surface area contributed by atoms with Gasteiger partial charge in [0.1, 0.15) is 0 Å². The van der Waals surface area contributed by atoms with Crippen molar-refractivity contribution in [1.82, 2.24) is 0 Å². The standard InChI is InChI=1S/C11H11NO/c1-3-11(13)10-6-8(2)4-5-9(10)7-12/h4-6H,3H2,1-2H3. The maximum absolute atomic E-state index is 11.4. The van der Waals surface area contributed by atoms with Gasteiger partial charge in [-0.15, -0.1) is 0 Å². The summed E-state index contributed by atoms with van der Waals surface area (Å²) in [6.07, 6.45) is 0.443. The molecule has 2 heteroatoms. The smallest absolute Gasteiger partial charge is 0.163 e. The normalized spacial score (nSPS) is 9.31. The first-order valence-electron chi connectivity index (χ1n) is 4.23. The fourth-order valence-electron chi connectivity index (χ4n) is 1.18. The predicted molar refractivity (Wildman–Crippen MR) is 50.5 cm³/mol. The molecule has 0 aliphatic rings. The van der Waals surface area contributed by atoms with Crippen LogP contribution < -0.4 is 0 Å². The highest BCUT2D eigenvalue weighted by Gasteiger charge is 2.08. The molecule has 0 saturated heterocycles. The van der Waals surface area contributed by atoms with Crippen LogP contribution in [0.25, 0.3) is 0 Å². The summed E-state index contributed by atoms with van der Waals surface area (Å²) in [4.78, 5) is 11.4. The fraction of sp³-hybridized carbons (Fsp3) is 0.273. The SMILES string of the molecule is CCC(=O)c1cc(C)ccc1C#N. The molecule has 0 radical (unpaired) electrons. The molecule has 0 aromatic heterocycles. The van der Waals surface area contributed by atoms with Crippen LogP contribution in [0.5, 0.6) is 0 Å². The molecule has 0 unspecified atom stereocenters. The second-order valence-electron chi connectivity index (χ2n) is 2.94. The highest BCUT2D eigenvalue weighted by atomic mass is 16.1. The summed E-state index contributed by atoms with van der Waals surface area (Å²) < 4.78 is 0. The van der Waals surface area contributed by atoms with Crippen LogP contribution in [-0.4, -0.2) is 5.78 Å². The zero-order valence-electron chi connectivity index (χ0n) is 7.79. The van der Waals surface area contributed by atoms with Crippen molar-refractivity contribution in [3.05, 3.63) is 34.9 Å². The van der Waals surface area contributed by atoms with Gasteiger partial charge in [-0.1, -0.05) is 18.6 Å². The average molecular weight is 173 g/mol. The molecule has 0 bridgehead atoms. The minimum absolute atomic E-state index is 0.0280. The lowest BCUT2D eigenvalue weighted by atomic mass is 10.0. The number of carbonyl (C=O) groups is 1. The van der Waals surface area contributed by atoms with Gasteiger partial charge in [-0.05, 0) is 19.1 Å². The Kier molecular flexibility index (Phi) is 2.81. The Morgan fingerprint density at radius 2 is 2.23 bits per heavy atom. The lowest BCUT2D eigenvalue weighted by molar-refractivity contribution is 0.0988. The Hall–Kier alpha value is -1.62. The Morgan fingerprint density at radius 3 is 2.77 bits per heavy atom. The minimum Gasteiger partial charge on any atom is -0.294 e. The Morgan fingerprint density at radius 1 is 1.54 bits per heavy atom. The lowest BCUT2D eigenvalue weighted by Gasteiger charge is -2.01. The first kappa shape index (κ1) is 9.47. The number of carbonyl (C=O) groups excluding carboxylic acids is 1. The number of nitriles is 1. The number of Topliss-reactive ketones (excluding diaryl/α,β-unsaturated/α-hetero) is 1. The van der Waals surface area contributed by atoms with E-state index in [2.05, 4.69) is 0 Å². The summed E-state index contributed by atoms with van der Waals surface area (Å²) in [7, 11) is 0. The van der Waals surface area contributed by atoms with Crippen molar-refractivity contribution in [1.29, 1.82) is 5.26 Å². The van der Waals surface area contributed by atoms with Crippen molar-refractivity contribution in [3.63, 3.8) is 0 Å². The third-order valence-electron chi connectivity index (χ3n) is 1.92. The largest absolute Gasteiger partial charge is 0.294 e. The molecule has 1 aromatic carbocycles. The topological polar surface area (TPSA) is 40.9 Å². The van der Waals surface area contributed by atoms with E-state index in [1.807, 2.05) is 19.1 Å². The van der Waals surface area contributed by atoms with Gasteiger partial charge in [0.05, 0.1) is 11.6 Å². The summed E-state index contributed by atoms with van der Waals surface area (Å²) in [5.41, 5.74) is 2.03. The molecule has 0 amide bonds. The van der Waals surface area contributed by atoms with Gasteiger partial charge in [0.25, 0.3) is 0 Å². The maximum atomic E-state index is 11.4. The molecule has 0 N–H and O–H groups in total. The van der Waals surface area contributed by atoms with E-state index >= 15 is 0 Å². The van der Waals surface area contributed by atoms with Crippen LogP contribution in [0.15, 0.2) is 18.2 Å². The zero-order chi connectivity index (χ0) is 9.84. The number of benzene rings is 1. The van der Waals surface area contributed by atoms with Gasteiger partial charge < -0.3 is 0 Å². The number of aryl methyl sites for hydroxylation is 1. The monoisotopic (exact) mass is 173 g/mol. The van der Waals surface area contributed by atoms with Crippen molar-refractivity contribution in [2.45, 2.75) is 20.3 Å². The highest BCUT2D eigenvalue weighted by molar-refractivity contribution is 5.98. The molecule has 0 saturated carbocycles. The van der Waals surface area contributed by atoms with E-state index in [4.69, 9.17) is 5.26 Å². The highest BCUT2D eigenvalue weighted by Crippen LogP contribution is 2.12. The molecule has 1 aromatic rings. The first-order valence-corrected chi connectivity index (χ1v) is 4.23. The van der Waals surface area contributed by atoms with Gasteiger partial charge in [0.2, 0.25) is 0 Å². The van der Waals surface area contributed by atoms with Gasteiger partial charge >= 0.3 is 0 Å². The van der Waals surface area contributed by atoms with Gasteiger partial charge in [0.15, 0.2) is 5.78 Å². The van der Waals surface area contributed by atoms with Gasteiger partial charge in [0, 0.05) is 12.0 Å². The van der Waals surface area contributed by atoms with Crippen molar-refractivity contribution in [3.8, 4) is 6.07 Å². The third-order valence-corrected chi connectivity index (χ3v) is 1.92. The molecule has 0 atom stereocenters. The van der Waals surface area contributed by atoms with E-state index in [9.17, 15) is 4.79 Å². The second kappa shape index (κ2) is 3.86. The molecule has 0 aliphatic carbocycles. The summed E-state index contributed by atoms with van der Waals surface area (Å²) in [5.74, 6) is 0.0280. The van der Waals surface area contributed by atoms with Crippen LogP contribution in [0.2, 0.25) is 0 Å². The zero-order valence-corrected chi connectivity index (χ0v) is 7.79.